The number of hydrogen-bond acceptors (Lipinski definition) is 5. The number of alkyl halides is 1. The third kappa shape index (κ3) is 3.90. The third-order valence-corrected chi connectivity index (χ3v) is 6.52. The highest BCUT2D eigenvalue weighted by Crippen LogP contribution is 2.28. The van der Waals surface area contributed by atoms with E-state index < -0.39 is 10.0 Å². The van der Waals surface area contributed by atoms with Crippen molar-refractivity contribution in [1.82, 2.24) is 9.71 Å². The lowest BCUT2D eigenvalue weighted by Crippen LogP contribution is -2.18. The highest BCUT2D eigenvalue weighted by molar-refractivity contribution is 9.08. The van der Waals surface area contributed by atoms with E-state index in [0.29, 0.717) is 20.9 Å². The van der Waals surface area contributed by atoms with Crippen molar-refractivity contribution in [3.8, 4) is 0 Å². The first-order chi connectivity index (χ1) is 11.9. The molecular formula is C16H14BrN3O3S2. The van der Waals surface area contributed by atoms with Gasteiger partial charge in [0.15, 0.2) is 5.13 Å². The number of sulfonamides is 1. The molecule has 1 amide bonds. The van der Waals surface area contributed by atoms with Gasteiger partial charge in [0.05, 0.1) is 15.1 Å². The van der Waals surface area contributed by atoms with E-state index in [1.807, 2.05) is 12.1 Å². The van der Waals surface area contributed by atoms with E-state index >= 15 is 0 Å². The number of hydrogen-bond donors (Lipinski definition) is 2. The summed E-state index contributed by atoms with van der Waals surface area (Å²) >= 11 is 4.59. The molecule has 2 N–H and O–H groups in total. The summed E-state index contributed by atoms with van der Waals surface area (Å²) in [6.07, 6.45) is 0. The second kappa shape index (κ2) is 7.20. The van der Waals surface area contributed by atoms with Gasteiger partial charge < -0.3 is 0 Å². The zero-order chi connectivity index (χ0) is 18.0. The Morgan fingerprint density at radius 1 is 1.20 bits per heavy atom. The lowest BCUT2D eigenvalue weighted by atomic mass is 10.1. The van der Waals surface area contributed by atoms with Crippen molar-refractivity contribution in [3.05, 3.63) is 53.6 Å². The molecule has 0 aliphatic rings. The maximum absolute atomic E-state index is 12.3. The van der Waals surface area contributed by atoms with Crippen molar-refractivity contribution >= 4 is 58.5 Å². The number of carbonyl (C=O) groups is 1. The predicted molar refractivity (Wildman–Crippen MR) is 103 cm³/mol. The Hall–Kier alpha value is -1.81. The molecule has 0 saturated carbocycles. The minimum atomic E-state index is -3.52. The number of anilines is 1. The molecule has 9 heteroatoms. The second-order valence-corrected chi connectivity index (χ2v) is 8.62. The first-order valence-electron chi connectivity index (χ1n) is 7.23. The van der Waals surface area contributed by atoms with Gasteiger partial charge in [0.25, 0.3) is 5.91 Å². The maximum atomic E-state index is 12.3. The molecule has 3 rings (SSSR count). The summed E-state index contributed by atoms with van der Waals surface area (Å²) in [5.41, 5.74) is 2.24. The van der Waals surface area contributed by atoms with Gasteiger partial charge in [0, 0.05) is 10.9 Å². The van der Waals surface area contributed by atoms with Crippen molar-refractivity contribution in [2.45, 2.75) is 10.2 Å². The summed E-state index contributed by atoms with van der Waals surface area (Å²) in [5.74, 6) is -0.261. The average molecular weight is 440 g/mol. The number of nitrogens with one attached hydrogen (secondary N) is 2. The molecule has 130 valence electrons. The summed E-state index contributed by atoms with van der Waals surface area (Å²) < 4.78 is 26.7. The van der Waals surface area contributed by atoms with E-state index in [1.165, 1.54) is 24.5 Å². The number of carbonyl (C=O) groups excluding carboxylic acids is 1. The van der Waals surface area contributed by atoms with Crippen LogP contribution in [0.3, 0.4) is 0 Å². The van der Waals surface area contributed by atoms with Gasteiger partial charge in [-0.1, -0.05) is 39.4 Å². The molecule has 0 saturated heterocycles. The smallest absolute Gasteiger partial charge is 0.257 e. The van der Waals surface area contributed by atoms with Gasteiger partial charge in [0.2, 0.25) is 10.0 Å². The molecule has 6 nitrogen and oxygen atoms in total. The molecule has 1 heterocycles. The number of rotatable bonds is 5. The predicted octanol–water partition coefficient (Wildman–Crippen LogP) is 3.35. The van der Waals surface area contributed by atoms with E-state index in [1.54, 1.807) is 24.3 Å². The van der Waals surface area contributed by atoms with Crippen LogP contribution in [0.2, 0.25) is 0 Å². The largest absolute Gasteiger partial charge is 0.298 e. The Kier molecular flexibility index (Phi) is 5.19. The molecule has 0 aliphatic heterocycles. The van der Waals surface area contributed by atoms with Crippen LogP contribution in [0.25, 0.3) is 10.2 Å². The number of fused-ring (bicyclic) bond motifs is 1. The topological polar surface area (TPSA) is 88.2 Å². The Bertz CT molecular complexity index is 1030. The third-order valence-electron chi connectivity index (χ3n) is 3.53. The zero-order valence-electron chi connectivity index (χ0n) is 13.1. The van der Waals surface area contributed by atoms with Gasteiger partial charge in [-0.2, -0.15) is 0 Å². The van der Waals surface area contributed by atoms with Gasteiger partial charge in [-0.25, -0.2) is 18.1 Å². The van der Waals surface area contributed by atoms with E-state index in [2.05, 4.69) is 31.0 Å². The van der Waals surface area contributed by atoms with E-state index in [4.69, 9.17) is 0 Å². The maximum Gasteiger partial charge on any atom is 0.257 e. The summed E-state index contributed by atoms with van der Waals surface area (Å²) in [6.45, 7) is 0. The molecule has 0 atom stereocenters. The standard InChI is InChI=1S/C16H14BrN3O3S2/c1-18-25(22,23)12-6-7-13-14(8-12)24-16(19-13)20-15(21)11-4-2-10(9-17)3-5-11/h2-8,18H,9H2,1H3,(H,19,20,21). The summed E-state index contributed by atoms with van der Waals surface area (Å²) in [7, 11) is -2.16. The first-order valence-corrected chi connectivity index (χ1v) is 10.7. The molecule has 0 aliphatic carbocycles. The molecule has 0 bridgehead atoms. The molecule has 1 aromatic heterocycles. The molecule has 0 radical (unpaired) electrons. The van der Waals surface area contributed by atoms with Crippen molar-refractivity contribution < 1.29 is 13.2 Å². The zero-order valence-corrected chi connectivity index (χ0v) is 16.3. The Labute approximate surface area is 157 Å². The van der Waals surface area contributed by atoms with Crippen LogP contribution in [-0.4, -0.2) is 26.4 Å². The fourth-order valence-electron chi connectivity index (χ4n) is 2.16. The molecule has 25 heavy (non-hydrogen) atoms. The molecule has 3 aromatic rings. The van der Waals surface area contributed by atoms with Gasteiger partial charge in [-0.3, -0.25) is 10.1 Å². The minimum absolute atomic E-state index is 0.161. The number of amides is 1. The normalized spacial score (nSPS) is 11.6. The van der Waals surface area contributed by atoms with Crippen LogP contribution in [0.15, 0.2) is 47.4 Å². The van der Waals surface area contributed by atoms with Crippen LogP contribution in [0.4, 0.5) is 5.13 Å². The van der Waals surface area contributed by atoms with Crippen LogP contribution in [0, 0.1) is 0 Å². The quantitative estimate of drug-likeness (QED) is 0.596. The minimum Gasteiger partial charge on any atom is -0.298 e. The highest BCUT2D eigenvalue weighted by atomic mass is 79.9. The molecule has 2 aromatic carbocycles. The van der Waals surface area contributed by atoms with E-state index in [9.17, 15) is 13.2 Å². The molecule has 0 spiro atoms. The molecular weight excluding hydrogens is 426 g/mol. The van der Waals surface area contributed by atoms with Crippen LogP contribution >= 0.6 is 27.3 Å². The van der Waals surface area contributed by atoms with Crippen molar-refractivity contribution in [3.63, 3.8) is 0 Å². The number of thiazole rings is 1. The Balaban J connectivity index is 1.85. The van der Waals surface area contributed by atoms with Crippen molar-refractivity contribution in [1.29, 1.82) is 0 Å². The van der Waals surface area contributed by atoms with E-state index in [0.717, 1.165) is 10.9 Å². The van der Waals surface area contributed by atoms with Crippen LogP contribution in [-0.2, 0) is 15.4 Å². The highest BCUT2D eigenvalue weighted by Gasteiger charge is 2.15. The number of aromatic nitrogens is 1. The lowest BCUT2D eigenvalue weighted by molar-refractivity contribution is 0.102. The van der Waals surface area contributed by atoms with Crippen molar-refractivity contribution in [2.24, 2.45) is 0 Å². The van der Waals surface area contributed by atoms with Gasteiger partial charge >= 0.3 is 0 Å². The van der Waals surface area contributed by atoms with Crippen LogP contribution in [0.5, 0.6) is 0 Å². The van der Waals surface area contributed by atoms with E-state index in [-0.39, 0.29) is 10.8 Å². The van der Waals surface area contributed by atoms with Gasteiger partial charge in [0.1, 0.15) is 0 Å². The summed E-state index contributed by atoms with van der Waals surface area (Å²) in [4.78, 5) is 16.8. The second-order valence-electron chi connectivity index (χ2n) is 5.14. The fraction of sp³-hybridized carbons (Fsp3) is 0.125. The Morgan fingerprint density at radius 2 is 1.92 bits per heavy atom. The number of halogens is 1. The fourth-order valence-corrected chi connectivity index (χ4v) is 4.26. The monoisotopic (exact) mass is 439 g/mol. The number of benzene rings is 2. The van der Waals surface area contributed by atoms with Gasteiger partial charge in [-0.05, 0) is 42.9 Å². The Morgan fingerprint density at radius 3 is 2.56 bits per heavy atom. The molecule has 0 unspecified atom stereocenters. The number of nitrogens with zero attached hydrogens (tertiary/aromatic N) is 1. The van der Waals surface area contributed by atoms with Crippen LogP contribution < -0.4 is 10.0 Å². The lowest BCUT2D eigenvalue weighted by Gasteiger charge is -2.02. The van der Waals surface area contributed by atoms with Crippen molar-refractivity contribution in [2.75, 3.05) is 12.4 Å². The van der Waals surface area contributed by atoms with Gasteiger partial charge in [-0.15, -0.1) is 0 Å². The first kappa shape index (κ1) is 18.0. The summed E-state index contributed by atoms with van der Waals surface area (Å²) in [5, 5.41) is 3.90. The molecule has 0 fully saturated rings. The summed E-state index contributed by atoms with van der Waals surface area (Å²) in [6, 6.07) is 11.9. The van der Waals surface area contributed by atoms with Crippen LogP contribution in [0.1, 0.15) is 15.9 Å². The SMILES string of the molecule is CNS(=O)(=O)c1ccc2nc(NC(=O)c3ccc(CBr)cc3)sc2c1. The average Bonchev–Trinajstić information content (AvgIpc) is 3.03.